The minimum absolute atomic E-state index is 0.295. The molecule has 0 aliphatic heterocycles. The van der Waals surface area contributed by atoms with Gasteiger partial charge in [-0.2, -0.15) is 4.98 Å². The summed E-state index contributed by atoms with van der Waals surface area (Å²) in [6, 6.07) is 3.15. The lowest BCUT2D eigenvalue weighted by molar-refractivity contribution is 0.424. The Labute approximate surface area is 89.9 Å². The first kappa shape index (κ1) is 9.43. The van der Waals surface area contributed by atoms with E-state index in [1.807, 2.05) is 0 Å². The Morgan fingerprint density at radius 1 is 1.21 bits per heavy atom. The largest absolute Gasteiger partial charge is 0.332 e. The van der Waals surface area contributed by atoms with Gasteiger partial charge < -0.3 is 4.52 Å². The third-order valence-electron chi connectivity index (χ3n) is 1.51. The minimum Gasteiger partial charge on any atom is -0.332 e. The molecule has 0 aromatic carbocycles. The smallest absolute Gasteiger partial charge is 0.276 e. The van der Waals surface area contributed by atoms with Gasteiger partial charge in [-0.15, -0.1) is 0 Å². The molecule has 0 saturated carbocycles. The summed E-state index contributed by atoms with van der Waals surface area (Å²) in [5.74, 6) is 0.852. The highest BCUT2D eigenvalue weighted by Gasteiger charge is 2.09. The number of halogens is 2. The second-order valence-corrected chi connectivity index (χ2v) is 3.46. The first-order valence-corrected chi connectivity index (χ1v) is 4.54. The number of aromatic nitrogens is 3. The topological polar surface area (TPSA) is 51.8 Å². The average molecular weight is 230 g/mol. The average Bonchev–Trinajstić information content (AvgIpc) is 2.50. The summed E-state index contributed by atoms with van der Waals surface area (Å²) >= 11 is 11.5. The molecule has 0 spiro atoms. The molecule has 2 aromatic rings. The van der Waals surface area contributed by atoms with Crippen LogP contribution in [0.25, 0.3) is 11.6 Å². The van der Waals surface area contributed by atoms with Gasteiger partial charge in [0, 0.05) is 5.02 Å². The van der Waals surface area contributed by atoms with Gasteiger partial charge in [0.2, 0.25) is 0 Å². The number of pyridine rings is 1. The highest BCUT2D eigenvalue weighted by molar-refractivity contribution is 6.34. The van der Waals surface area contributed by atoms with Gasteiger partial charge in [0.05, 0.1) is 0 Å². The molecule has 4 nitrogen and oxygen atoms in total. The normalized spacial score (nSPS) is 10.5. The molecule has 0 radical (unpaired) electrons. The second kappa shape index (κ2) is 3.55. The van der Waals surface area contributed by atoms with E-state index in [0.29, 0.717) is 27.6 Å². The van der Waals surface area contributed by atoms with Gasteiger partial charge in [0.15, 0.2) is 5.82 Å². The molecule has 0 atom stereocenters. The first-order valence-electron chi connectivity index (χ1n) is 3.79. The van der Waals surface area contributed by atoms with Gasteiger partial charge in [0.1, 0.15) is 10.8 Å². The number of hydrogen-bond acceptors (Lipinski definition) is 4. The summed E-state index contributed by atoms with van der Waals surface area (Å²) in [5.41, 5.74) is 0.475. The molecule has 14 heavy (non-hydrogen) atoms. The van der Waals surface area contributed by atoms with Crippen molar-refractivity contribution in [2.24, 2.45) is 0 Å². The van der Waals surface area contributed by atoms with Gasteiger partial charge in [-0.05, 0) is 19.1 Å². The van der Waals surface area contributed by atoms with Gasteiger partial charge >= 0.3 is 0 Å². The maximum absolute atomic E-state index is 5.79. The van der Waals surface area contributed by atoms with Crippen molar-refractivity contribution in [2.45, 2.75) is 6.92 Å². The van der Waals surface area contributed by atoms with E-state index in [0.717, 1.165) is 0 Å². The van der Waals surface area contributed by atoms with E-state index in [2.05, 4.69) is 15.1 Å². The molecule has 0 unspecified atom stereocenters. The Balaban J connectivity index is 2.51. The van der Waals surface area contributed by atoms with Crippen molar-refractivity contribution in [2.75, 3.05) is 0 Å². The lowest BCUT2D eigenvalue weighted by atomic mass is 10.3. The van der Waals surface area contributed by atoms with E-state index < -0.39 is 0 Å². The van der Waals surface area contributed by atoms with Crippen LogP contribution in [-0.2, 0) is 0 Å². The molecule has 0 aliphatic rings. The van der Waals surface area contributed by atoms with Crippen LogP contribution in [0.3, 0.4) is 0 Å². The molecule has 72 valence electrons. The van der Waals surface area contributed by atoms with Crippen LogP contribution >= 0.6 is 23.2 Å². The van der Waals surface area contributed by atoms with Crippen LogP contribution in [0.1, 0.15) is 5.82 Å². The molecule has 2 aromatic heterocycles. The first-order chi connectivity index (χ1) is 6.65. The zero-order valence-corrected chi connectivity index (χ0v) is 8.67. The fraction of sp³-hybridized carbons (Fsp3) is 0.125. The van der Waals surface area contributed by atoms with Crippen LogP contribution in [-0.4, -0.2) is 15.1 Å². The Bertz CT molecular complexity index is 449. The van der Waals surface area contributed by atoms with Crippen LogP contribution in [0, 0.1) is 6.92 Å². The van der Waals surface area contributed by atoms with Crippen LogP contribution in [0.5, 0.6) is 0 Å². The van der Waals surface area contributed by atoms with Crippen LogP contribution < -0.4 is 0 Å². The van der Waals surface area contributed by atoms with E-state index in [-0.39, 0.29) is 0 Å². The van der Waals surface area contributed by atoms with Crippen LogP contribution in [0.2, 0.25) is 10.2 Å². The van der Waals surface area contributed by atoms with Crippen molar-refractivity contribution in [3.8, 4) is 11.6 Å². The zero-order valence-electron chi connectivity index (χ0n) is 7.16. The third kappa shape index (κ3) is 1.86. The molecule has 0 fully saturated rings. The molecule has 0 bridgehead atoms. The highest BCUT2D eigenvalue weighted by atomic mass is 35.5. The van der Waals surface area contributed by atoms with Gasteiger partial charge in [-0.3, -0.25) is 0 Å². The Hall–Kier alpha value is -1.13. The molecule has 2 rings (SSSR count). The van der Waals surface area contributed by atoms with Crippen LogP contribution in [0.15, 0.2) is 16.7 Å². The molecule has 0 aliphatic carbocycles. The summed E-state index contributed by atoms with van der Waals surface area (Å²) in [6.07, 6.45) is 0. The van der Waals surface area contributed by atoms with Gasteiger partial charge in [-0.25, -0.2) is 4.98 Å². The van der Waals surface area contributed by atoms with Gasteiger partial charge in [0.25, 0.3) is 5.89 Å². The monoisotopic (exact) mass is 229 g/mol. The zero-order chi connectivity index (χ0) is 10.1. The van der Waals surface area contributed by atoms with Crippen molar-refractivity contribution in [3.63, 3.8) is 0 Å². The summed E-state index contributed by atoms with van der Waals surface area (Å²) in [7, 11) is 0. The van der Waals surface area contributed by atoms with Gasteiger partial charge in [-0.1, -0.05) is 28.4 Å². The maximum atomic E-state index is 5.79. The second-order valence-electron chi connectivity index (χ2n) is 2.64. The number of nitrogens with zero attached hydrogens (tertiary/aromatic N) is 3. The van der Waals surface area contributed by atoms with E-state index in [1.54, 1.807) is 13.0 Å². The Kier molecular flexibility index (Phi) is 2.39. The lowest BCUT2D eigenvalue weighted by Crippen LogP contribution is -1.84. The fourth-order valence-electron chi connectivity index (χ4n) is 0.976. The summed E-state index contributed by atoms with van der Waals surface area (Å²) in [5, 5.41) is 4.42. The van der Waals surface area contributed by atoms with Crippen molar-refractivity contribution >= 4 is 23.2 Å². The third-order valence-corrected chi connectivity index (χ3v) is 1.92. The number of hydrogen-bond donors (Lipinski definition) is 0. The van der Waals surface area contributed by atoms with Crippen LogP contribution in [0.4, 0.5) is 0 Å². The van der Waals surface area contributed by atoms with E-state index in [1.165, 1.54) is 6.07 Å². The molecule has 6 heteroatoms. The number of rotatable bonds is 1. The van der Waals surface area contributed by atoms with Crippen molar-refractivity contribution < 1.29 is 4.52 Å². The highest BCUT2D eigenvalue weighted by Crippen LogP contribution is 2.22. The Morgan fingerprint density at radius 2 is 2.00 bits per heavy atom. The predicted molar refractivity (Wildman–Crippen MR) is 52.3 cm³/mol. The number of aryl methyl sites for hydroxylation is 1. The van der Waals surface area contributed by atoms with Crippen molar-refractivity contribution in [1.82, 2.24) is 15.1 Å². The fourth-order valence-corrected chi connectivity index (χ4v) is 1.45. The summed E-state index contributed by atoms with van der Waals surface area (Å²) in [4.78, 5) is 8.01. The standard InChI is InChI=1S/C8H5Cl2N3O/c1-4-11-8(14-13-4)6-2-5(9)3-7(10)12-6/h2-3H,1H3. The molecule has 0 amide bonds. The Morgan fingerprint density at radius 3 is 2.57 bits per heavy atom. The quantitative estimate of drug-likeness (QED) is 0.706. The molecule has 2 heterocycles. The van der Waals surface area contributed by atoms with E-state index in [9.17, 15) is 0 Å². The summed E-state index contributed by atoms with van der Waals surface area (Å²) < 4.78 is 4.92. The SMILES string of the molecule is Cc1noc(-c2cc(Cl)cc(Cl)n2)n1. The maximum Gasteiger partial charge on any atom is 0.276 e. The van der Waals surface area contributed by atoms with E-state index >= 15 is 0 Å². The molecular formula is C8H5Cl2N3O. The molecule has 0 N–H and O–H groups in total. The summed E-state index contributed by atoms with van der Waals surface area (Å²) in [6.45, 7) is 1.72. The molecular weight excluding hydrogens is 225 g/mol. The van der Waals surface area contributed by atoms with E-state index in [4.69, 9.17) is 27.7 Å². The lowest BCUT2D eigenvalue weighted by Gasteiger charge is -1.95. The minimum atomic E-state index is 0.295. The molecule has 0 saturated heterocycles. The van der Waals surface area contributed by atoms with Crippen molar-refractivity contribution in [3.05, 3.63) is 28.1 Å². The van der Waals surface area contributed by atoms with Crippen molar-refractivity contribution in [1.29, 1.82) is 0 Å². The predicted octanol–water partition coefficient (Wildman–Crippen LogP) is 2.75.